The molecule has 168 valence electrons. The lowest BCUT2D eigenvalue weighted by Crippen LogP contribution is -2.36. The number of nitrogens with zero attached hydrogens (tertiary/aromatic N) is 3. The Hall–Kier alpha value is -1.88. The first-order valence-corrected chi connectivity index (χ1v) is 10.2. The van der Waals surface area contributed by atoms with Crippen LogP contribution in [0, 0.1) is 0 Å². The third-order valence-corrected chi connectivity index (χ3v) is 4.54. The number of hydrogen-bond acceptors (Lipinski definition) is 6. The van der Waals surface area contributed by atoms with Gasteiger partial charge in [0.2, 0.25) is 5.88 Å². The topological polar surface area (TPSA) is 93.8 Å². The van der Waals surface area contributed by atoms with Gasteiger partial charge in [-0.25, -0.2) is 9.98 Å². The smallest absolute Gasteiger partial charge is 0.218 e. The first kappa shape index (κ1) is 26.2. The maximum atomic E-state index is 5.68. The standard InChI is InChI=1S/C21H33N5O3.HI/c1-5-16(6-2)19-13-18(29-26-19)15-25-21(22-7-3)24-14-17-9-8-10-23-20(17)28-12-11-27-4;/h8-10,13,16H,5-7,11-12,14-15H2,1-4H3,(H2,22,24,25);1H. The molecule has 2 heterocycles. The molecule has 0 unspecified atom stereocenters. The van der Waals surface area contributed by atoms with Crippen LogP contribution in [0.1, 0.15) is 56.5 Å². The van der Waals surface area contributed by atoms with Crippen LogP contribution in [-0.4, -0.2) is 43.0 Å². The average molecular weight is 531 g/mol. The molecule has 2 aromatic heterocycles. The summed E-state index contributed by atoms with van der Waals surface area (Å²) >= 11 is 0. The number of nitrogens with one attached hydrogen (secondary N) is 2. The van der Waals surface area contributed by atoms with Gasteiger partial charge in [0.1, 0.15) is 6.61 Å². The highest BCUT2D eigenvalue weighted by Crippen LogP contribution is 2.22. The van der Waals surface area contributed by atoms with Crippen molar-refractivity contribution in [3.63, 3.8) is 0 Å². The summed E-state index contributed by atoms with van der Waals surface area (Å²) < 4.78 is 16.2. The predicted molar refractivity (Wildman–Crippen MR) is 129 cm³/mol. The van der Waals surface area contributed by atoms with E-state index in [4.69, 9.17) is 14.0 Å². The first-order chi connectivity index (χ1) is 14.2. The SMILES string of the molecule is CCNC(=NCc1cccnc1OCCOC)NCc1cc(C(CC)CC)no1.I. The Morgan fingerprint density at radius 3 is 2.70 bits per heavy atom. The Bertz CT molecular complexity index is 750. The van der Waals surface area contributed by atoms with Gasteiger partial charge in [0.15, 0.2) is 11.7 Å². The largest absolute Gasteiger partial charge is 0.475 e. The number of aromatic nitrogens is 2. The Balaban J connectivity index is 0.00000450. The minimum atomic E-state index is 0. The fourth-order valence-electron chi connectivity index (χ4n) is 2.88. The Morgan fingerprint density at radius 2 is 2.00 bits per heavy atom. The molecule has 0 saturated carbocycles. The zero-order valence-corrected chi connectivity index (χ0v) is 20.6. The number of pyridine rings is 1. The highest BCUT2D eigenvalue weighted by atomic mass is 127. The number of hydrogen-bond donors (Lipinski definition) is 2. The molecule has 2 N–H and O–H groups in total. The number of ether oxygens (including phenoxy) is 2. The summed E-state index contributed by atoms with van der Waals surface area (Å²) in [6.45, 7) is 9.05. The van der Waals surface area contributed by atoms with E-state index in [2.05, 4.69) is 39.6 Å². The van der Waals surface area contributed by atoms with Crippen molar-refractivity contribution in [1.82, 2.24) is 20.8 Å². The van der Waals surface area contributed by atoms with Crippen LogP contribution < -0.4 is 15.4 Å². The van der Waals surface area contributed by atoms with Crippen molar-refractivity contribution in [3.05, 3.63) is 41.4 Å². The first-order valence-electron chi connectivity index (χ1n) is 10.2. The number of guanidine groups is 1. The van der Waals surface area contributed by atoms with Gasteiger partial charge >= 0.3 is 0 Å². The monoisotopic (exact) mass is 531 g/mol. The van der Waals surface area contributed by atoms with E-state index in [0.717, 1.165) is 36.4 Å². The second-order valence-electron chi connectivity index (χ2n) is 6.59. The van der Waals surface area contributed by atoms with E-state index >= 15 is 0 Å². The molecule has 0 fully saturated rings. The number of aliphatic imine (C=N–C) groups is 1. The van der Waals surface area contributed by atoms with Crippen LogP contribution in [0.25, 0.3) is 0 Å². The molecule has 9 heteroatoms. The summed E-state index contributed by atoms with van der Waals surface area (Å²) in [5, 5.41) is 10.7. The van der Waals surface area contributed by atoms with Gasteiger partial charge in [0, 0.05) is 37.4 Å². The van der Waals surface area contributed by atoms with Gasteiger partial charge in [0.25, 0.3) is 0 Å². The Labute approximate surface area is 196 Å². The van der Waals surface area contributed by atoms with E-state index in [1.54, 1.807) is 13.3 Å². The lowest BCUT2D eigenvalue weighted by molar-refractivity contribution is 0.143. The summed E-state index contributed by atoms with van der Waals surface area (Å²) in [4.78, 5) is 8.94. The third kappa shape index (κ3) is 8.47. The fourth-order valence-corrected chi connectivity index (χ4v) is 2.88. The molecule has 0 amide bonds. The number of rotatable bonds is 12. The minimum Gasteiger partial charge on any atom is -0.475 e. The molecule has 0 radical (unpaired) electrons. The fraction of sp³-hybridized carbons (Fsp3) is 0.571. The molecule has 8 nitrogen and oxygen atoms in total. The summed E-state index contributed by atoms with van der Waals surface area (Å²) in [5.74, 6) is 2.51. The predicted octanol–water partition coefficient (Wildman–Crippen LogP) is 3.87. The molecule has 0 aliphatic carbocycles. The maximum absolute atomic E-state index is 5.68. The highest BCUT2D eigenvalue weighted by molar-refractivity contribution is 14.0. The Kier molecular flexibility index (Phi) is 13.1. The van der Waals surface area contributed by atoms with Crippen LogP contribution in [0.5, 0.6) is 5.88 Å². The van der Waals surface area contributed by atoms with Gasteiger partial charge < -0.3 is 24.6 Å². The van der Waals surface area contributed by atoms with Crippen molar-refractivity contribution < 1.29 is 14.0 Å². The second kappa shape index (κ2) is 15.0. The molecule has 0 bridgehead atoms. The summed E-state index contributed by atoms with van der Waals surface area (Å²) in [6, 6.07) is 5.86. The molecule has 30 heavy (non-hydrogen) atoms. The zero-order valence-electron chi connectivity index (χ0n) is 18.3. The van der Waals surface area contributed by atoms with Gasteiger partial charge in [0.05, 0.1) is 25.4 Å². The van der Waals surface area contributed by atoms with E-state index in [0.29, 0.717) is 44.1 Å². The van der Waals surface area contributed by atoms with Crippen molar-refractivity contribution in [2.45, 2.75) is 52.6 Å². The van der Waals surface area contributed by atoms with Crippen molar-refractivity contribution in [3.8, 4) is 5.88 Å². The molecule has 0 atom stereocenters. The molecule has 0 spiro atoms. The van der Waals surface area contributed by atoms with Crippen molar-refractivity contribution in [2.24, 2.45) is 4.99 Å². The zero-order chi connectivity index (χ0) is 20.9. The van der Waals surface area contributed by atoms with E-state index in [1.807, 2.05) is 25.1 Å². The van der Waals surface area contributed by atoms with Gasteiger partial charge in [-0.2, -0.15) is 0 Å². The van der Waals surface area contributed by atoms with Crippen molar-refractivity contribution >= 4 is 29.9 Å². The average Bonchev–Trinajstić information content (AvgIpc) is 3.21. The van der Waals surface area contributed by atoms with Crippen LogP contribution in [-0.2, 0) is 17.8 Å². The van der Waals surface area contributed by atoms with E-state index in [-0.39, 0.29) is 24.0 Å². The van der Waals surface area contributed by atoms with Crippen LogP contribution in [0.15, 0.2) is 33.9 Å². The number of halogens is 1. The molecule has 0 saturated heterocycles. The van der Waals surface area contributed by atoms with Gasteiger partial charge in [-0.3, -0.25) is 0 Å². The summed E-state index contributed by atoms with van der Waals surface area (Å²) in [5.41, 5.74) is 1.93. The molecule has 0 aliphatic heterocycles. The number of methoxy groups -OCH3 is 1. The highest BCUT2D eigenvalue weighted by Gasteiger charge is 2.13. The van der Waals surface area contributed by atoms with E-state index in [9.17, 15) is 0 Å². The Morgan fingerprint density at radius 1 is 1.20 bits per heavy atom. The maximum Gasteiger partial charge on any atom is 0.218 e. The molecule has 2 rings (SSSR count). The lowest BCUT2D eigenvalue weighted by atomic mass is 9.99. The quantitative estimate of drug-likeness (QED) is 0.186. The molecule has 0 aliphatic rings. The summed E-state index contributed by atoms with van der Waals surface area (Å²) in [7, 11) is 1.64. The van der Waals surface area contributed by atoms with Crippen LogP contribution >= 0.6 is 24.0 Å². The normalized spacial score (nSPS) is 11.3. The van der Waals surface area contributed by atoms with Crippen molar-refractivity contribution in [1.29, 1.82) is 0 Å². The minimum absolute atomic E-state index is 0. The third-order valence-electron chi connectivity index (χ3n) is 4.54. The van der Waals surface area contributed by atoms with Gasteiger partial charge in [-0.1, -0.05) is 25.1 Å². The molecular weight excluding hydrogens is 497 g/mol. The van der Waals surface area contributed by atoms with E-state index in [1.165, 1.54) is 0 Å². The molecule has 2 aromatic rings. The van der Waals surface area contributed by atoms with E-state index < -0.39 is 0 Å². The lowest BCUT2D eigenvalue weighted by Gasteiger charge is -2.11. The molecule has 0 aromatic carbocycles. The summed E-state index contributed by atoms with van der Waals surface area (Å²) in [6.07, 6.45) is 3.82. The molecular formula is C21H34IN5O3. The second-order valence-corrected chi connectivity index (χ2v) is 6.59. The van der Waals surface area contributed by atoms with Crippen LogP contribution in [0.3, 0.4) is 0 Å². The van der Waals surface area contributed by atoms with Crippen LogP contribution in [0.2, 0.25) is 0 Å². The van der Waals surface area contributed by atoms with Crippen LogP contribution in [0.4, 0.5) is 0 Å². The van der Waals surface area contributed by atoms with Gasteiger partial charge in [-0.05, 0) is 25.8 Å². The van der Waals surface area contributed by atoms with Crippen molar-refractivity contribution in [2.75, 3.05) is 26.9 Å². The van der Waals surface area contributed by atoms with Gasteiger partial charge in [-0.15, -0.1) is 24.0 Å².